The van der Waals surface area contributed by atoms with Crippen molar-refractivity contribution in [1.82, 2.24) is 4.90 Å². The van der Waals surface area contributed by atoms with Gasteiger partial charge < -0.3 is 19.2 Å². The highest BCUT2D eigenvalue weighted by Gasteiger charge is 2.44. The molecule has 1 fully saturated rings. The van der Waals surface area contributed by atoms with Crippen LogP contribution in [-0.4, -0.2) is 54.7 Å². The molecule has 0 aromatic carbocycles. The Morgan fingerprint density at radius 3 is 2.19 bits per heavy atom. The minimum absolute atomic E-state index is 0.0152. The summed E-state index contributed by atoms with van der Waals surface area (Å²) in [5, 5.41) is 9.19. The van der Waals surface area contributed by atoms with E-state index in [0.29, 0.717) is 13.0 Å². The van der Waals surface area contributed by atoms with Gasteiger partial charge in [-0.3, -0.25) is 4.79 Å². The van der Waals surface area contributed by atoms with Crippen LogP contribution in [0.5, 0.6) is 0 Å². The molecule has 0 spiro atoms. The quantitative estimate of drug-likeness (QED) is 0.695. The number of ether oxygens (including phenoxy) is 1. The summed E-state index contributed by atoms with van der Waals surface area (Å²) in [4.78, 5) is 25.5. The summed E-state index contributed by atoms with van der Waals surface area (Å²) in [5.74, 6) is -0.856. The number of piperidine rings is 1. The summed E-state index contributed by atoms with van der Waals surface area (Å²) in [5.41, 5.74) is -0.582. The van der Waals surface area contributed by atoms with Crippen molar-refractivity contribution in [2.24, 2.45) is 0 Å². The highest BCUT2D eigenvalue weighted by molar-refractivity contribution is 6.74. The molecule has 1 aliphatic rings. The Bertz CT molecular complexity index is 507. The minimum atomic E-state index is -2.03. The molecule has 1 aliphatic heterocycles. The lowest BCUT2D eigenvalue weighted by molar-refractivity contribution is -0.137. The van der Waals surface area contributed by atoms with E-state index >= 15 is 0 Å². The van der Waals surface area contributed by atoms with E-state index < -0.39 is 19.9 Å². The van der Waals surface area contributed by atoms with Gasteiger partial charge in [-0.05, 0) is 58.2 Å². The average molecular weight is 388 g/mol. The summed E-state index contributed by atoms with van der Waals surface area (Å²) >= 11 is 0. The average Bonchev–Trinajstić information content (AvgIpc) is 2.42. The van der Waals surface area contributed by atoms with Gasteiger partial charge in [0.05, 0.1) is 12.1 Å². The molecule has 1 N–H and O–H groups in total. The number of carbonyl (C=O) groups excluding carboxylic acids is 1. The molecule has 0 saturated carbocycles. The second kappa shape index (κ2) is 8.29. The first-order valence-electron chi connectivity index (χ1n) is 9.53. The fourth-order valence-corrected chi connectivity index (χ4v) is 4.26. The number of likely N-dealkylation sites (tertiary alicyclic amines) is 1. The van der Waals surface area contributed by atoms with Crippen molar-refractivity contribution in [2.75, 3.05) is 6.54 Å². The predicted octanol–water partition coefficient (Wildman–Crippen LogP) is 4.64. The Kier molecular flexibility index (Phi) is 7.32. The van der Waals surface area contributed by atoms with Crippen LogP contribution >= 0.6 is 0 Å². The number of carbonyl (C=O) groups is 2. The van der Waals surface area contributed by atoms with Gasteiger partial charge in [0.1, 0.15) is 5.60 Å². The molecule has 0 aromatic rings. The van der Waals surface area contributed by atoms with Crippen LogP contribution in [0.1, 0.15) is 67.2 Å². The summed E-state index contributed by atoms with van der Waals surface area (Å²) in [7, 11) is -2.03. The molecule has 0 radical (unpaired) electrons. The van der Waals surface area contributed by atoms with E-state index in [9.17, 15) is 9.59 Å². The molecule has 1 heterocycles. The lowest BCUT2D eigenvalue weighted by Crippen LogP contribution is -2.56. The van der Waals surface area contributed by atoms with Crippen molar-refractivity contribution in [3.05, 3.63) is 0 Å². The SMILES string of the molecule is CC(C)(C)OC(=O)N1CCC[C@H](O[Si](C)(C)C(C)(C)C)[C@H]1CCC(=O)O. The molecule has 7 heteroatoms. The Hall–Kier alpha value is -1.08. The van der Waals surface area contributed by atoms with Crippen LogP contribution in [0.15, 0.2) is 0 Å². The molecule has 152 valence electrons. The third-order valence-electron chi connectivity index (χ3n) is 5.25. The number of amides is 1. The van der Waals surface area contributed by atoms with Crippen LogP contribution in [0.4, 0.5) is 4.79 Å². The highest BCUT2D eigenvalue weighted by Crippen LogP contribution is 2.39. The number of carboxylic acid groups (broad SMARTS) is 1. The number of aliphatic carboxylic acids is 1. The van der Waals surface area contributed by atoms with Gasteiger partial charge in [-0.2, -0.15) is 0 Å². The maximum atomic E-state index is 12.7. The Morgan fingerprint density at radius 2 is 1.73 bits per heavy atom. The molecule has 0 aromatic heterocycles. The molecule has 1 rings (SSSR count). The predicted molar refractivity (Wildman–Crippen MR) is 105 cm³/mol. The van der Waals surface area contributed by atoms with Gasteiger partial charge in [0.25, 0.3) is 0 Å². The third kappa shape index (κ3) is 6.58. The van der Waals surface area contributed by atoms with Crippen LogP contribution < -0.4 is 0 Å². The van der Waals surface area contributed by atoms with Gasteiger partial charge in [-0.25, -0.2) is 4.79 Å². The minimum Gasteiger partial charge on any atom is -0.481 e. The van der Waals surface area contributed by atoms with E-state index in [4.69, 9.17) is 14.3 Å². The largest absolute Gasteiger partial charge is 0.481 e. The molecule has 26 heavy (non-hydrogen) atoms. The molecule has 0 bridgehead atoms. The summed E-state index contributed by atoms with van der Waals surface area (Å²) < 4.78 is 12.2. The van der Waals surface area contributed by atoms with E-state index in [1.165, 1.54) is 0 Å². The smallest absolute Gasteiger partial charge is 0.410 e. The van der Waals surface area contributed by atoms with Gasteiger partial charge in [0, 0.05) is 13.0 Å². The van der Waals surface area contributed by atoms with E-state index in [1.54, 1.807) is 4.90 Å². The normalized spacial score (nSPS) is 22.2. The van der Waals surface area contributed by atoms with Crippen molar-refractivity contribution >= 4 is 20.4 Å². The fourth-order valence-electron chi connectivity index (χ4n) is 2.87. The van der Waals surface area contributed by atoms with Gasteiger partial charge in [0.2, 0.25) is 0 Å². The molecule has 2 atom stereocenters. The standard InChI is InChI=1S/C19H37NO5Si/c1-18(2,3)24-17(23)20-13-9-10-15(14(20)11-12-16(21)22)25-26(7,8)19(4,5)6/h14-15H,9-13H2,1-8H3,(H,21,22)/t14-,15+/m1/s1. The van der Waals surface area contributed by atoms with Gasteiger partial charge in [-0.1, -0.05) is 20.8 Å². The van der Waals surface area contributed by atoms with E-state index in [-0.39, 0.29) is 29.7 Å². The van der Waals surface area contributed by atoms with Gasteiger partial charge in [0.15, 0.2) is 8.32 Å². The van der Waals surface area contributed by atoms with Gasteiger partial charge in [-0.15, -0.1) is 0 Å². The van der Waals surface area contributed by atoms with E-state index in [2.05, 4.69) is 33.9 Å². The summed E-state index contributed by atoms with van der Waals surface area (Å²) in [6.07, 6.45) is 1.56. The Morgan fingerprint density at radius 1 is 1.15 bits per heavy atom. The number of rotatable bonds is 5. The second-order valence-corrected chi connectivity index (χ2v) is 14.5. The lowest BCUT2D eigenvalue weighted by Gasteiger charge is -2.46. The Balaban J connectivity index is 3.03. The zero-order valence-electron chi connectivity index (χ0n) is 17.7. The number of nitrogens with zero attached hydrogens (tertiary/aromatic N) is 1. The lowest BCUT2D eigenvalue weighted by atomic mass is 9.95. The third-order valence-corrected chi connectivity index (χ3v) is 9.76. The first kappa shape index (κ1) is 23.0. The molecule has 1 saturated heterocycles. The second-order valence-electron chi connectivity index (χ2n) is 9.73. The highest BCUT2D eigenvalue weighted by atomic mass is 28.4. The molecular formula is C19H37NO5Si. The number of carboxylic acids is 1. The van der Waals surface area contributed by atoms with Crippen LogP contribution in [0, 0.1) is 0 Å². The Labute approximate surface area is 159 Å². The summed E-state index contributed by atoms with van der Waals surface area (Å²) in [6.45, 7) is 17.0. The van der Waals surface area contributed by atoms with Crippen molar-refractivity contribution in [1.29, 1.82) is 0 Å². The van der Waals surface area contributed by atoms with Crippen LogP contribution in [0.3, 0.4) is 0 Å². The zero-order chi connectivity index (χ0) is 20.3. The first-order chi connectivity index (χ1) is 11.6. The van der Waals surface area contributed by atoms with Crippen LogP contribution in [-0.2, 0) is 14.0 Å². The maximum absolute atomic E-state index is 12.7. The monoisotopic (exact) mass is 387 g/mol. The van der Waals surface area contributed by atoms with E-state index in [0.717, 1.165) is 12.8 Å². The first-order valence-corrected chi connectivity index (χ1v) is 12.4. The molecule has 1 amide bonds. The van der Waals surface area contributed by atoms with Crippen LogP contribution in [0.25, 0.3) is 0 Å². The zero-order valence-corrected chi connectivity index (χ0v) is 18.7. The maximum Gasteiger partial charge on any atom is 0.410 e. The molecule has 0 unspecified atom stereocenters. The van der Waals surface area contributed by atoms with Gasteiger partial charge >= 0.3 is 12.1 Å². The van der Waals surface area contributed by atoms with Crippen molar-refractivity contribution in [3.63, 3.8) is 0 Å². The summed E-state index contributed by atoms with van der Waals surface area (Å²) in [6, 6.07) is -0.260. The number of hydrogen-bond acceptors (Lipinski definition) is 4. The van der Waals surface area contributed by atoms with Crippen molar-refractivity contribution in [2.45, 2.75) is 103 Å². The molecule has 6 nitrogen and oxygen atoms in total. The molecular weight excluding hydrogens is 350 g/mol. The topological polar surface area (TPSA) is 76.1 Å². The fraction of sp³-hybridized carbons (Fsp3) is 0.895. The van der Waals surface area contributed by atoms with Crippen molar-refractivity contribution < 1.29 is 23.9 Å². The van der Waals surface area contributed by atoms with E-state index in [1.807, 2.05) is 20.8 Å². The van der Waals surface area contributed by atoms with Crippen molar-refractivity contribution in [3.8, 4) is 0 Å². The molecule has 0 aliphatic carbocycles. The number of hydrogen-bond donors (Lipinski definition) is 1. The van der Waals surface area contributed by atoms with Crippen LogP contribution in [0.2, 0.25) is 18.1 Å².